The summed E-state index contributed by atoms with van der Waals surface area (Å²) in [7, 11) is 0. The van der Waals surface area contributed by atoms with Crippen molar-refractivity contribution < 1.29 is 0 Å². The minimum atomic E-state index is 0.251. The summed E-state index contributed by atoms with van der Waals surface area (Å²) in [6.07, 6.45) is 2.38. The maximum atomic E-state index is 2.55. The van der Waals surface area contributed by atoms with Gasteiger partial charge in [0, 0.05) is 13.1 Å². The predicted molar refractivity (Wildman–Crippen MR) is 111 cm³/mol. The Kier molecular flexibility index (Phi) is 6.40. The van der Waals surface area contributed by atoms with Gasteiger partial charge in [-0.2, -0.15) is 0 Å². The normalized spacial score (nSPS) is 12.0. The summed E-state index contributed by atoms with van der Waals surface area (Å²) < 4.78 is 0. The van der Waals surface area contributed by atoms with Crippen LogP contribution in [0.2, 0.25) is 0 Å². The van der Waals surface area contributed by atoms with Crippen molar-refractivity contribution >= 4 is 0 Å². The quantitative estimate of drug-likeness (QED) is 0.450. The first kappa shape index (κ1) is 18.2. The van der Waals surface area contributed by atoms with Crippen molar-refractivity contribution in [3.63, 3.8) is 0 Å². The molecule has 0 radical (unpaired) electrons. The maximum absolute atomic E-state index is 2.55. The van der Waals surface area contributed by atoms with Gasteiger partial charge in [0.15, 0.2) is 0 Å². The van der Waals surface area contributed by atoms with Gasteiger partial charge in [-0.25, -0.2) is 0 Å². The lowest BCUT2D eigenvalue weighted by molar-refractivity contribution is 0.212. The Morgan fingerprint density at radius 2 is 1.12 bits per heavy atom. The molecule has 0 amide bonds. The molecule has 0 fully saturated rings. The highest BCUT2D eigenvalue weighted by Gasteiger charge is 2.19. The molecule has 0 spiro atoms. The van der Waals surface area contributed by atoms with Crippen LogP contribution in [0, 0.1) is 0 Å². The maximum Gasteiger partial charge on any atom is 0.0540 e. The van der Waals surface area contributed by atoms with Gasteiger partial charge in [0.2, 0.25) is 0 Å². The van der Waals surface area contributed by atoms with Crippen molar-refractivity contribution in [3.8, 4) is 0 Å². The van der Waals surface area contributed by atoms with Crippen molar-refractivity contribution in [2.24, 2.45) is 0 Å². The molecule has 0 aliphatic heterocycles. The highest BCUT2D eigenvalue weighted by molar-refractivity contribution is 5.26. The van der Waals surface area contributed by atoms with Gasteiger partial charge in [0.1, 0.15) is 0 Å². The van der Waals surface area contributed by atoms with E-state index in [1.807, 2.05) is 0 Å². The fraction of sp³-hybridized carbons (Fsp3) is 0.200. The molecule has 0 saturated carbocycles. The van der Waals surface area contributed by atoms with Crippen LogP contribution in [0.5, 0.6) is 0 Å². The van der Waals surface area contributed by atoms with E-state index < -0.39 is 0 Å². The molecule has 0 aliphatic rings. The van der Waals surface area contributed by atoms with Crippen molar-refractivity contribution in [3.05, 3.63) is 119 Å². The average Bonchev–Trinajstić information content (AvgIpc) is 2.68. The lowest BCUT2D eigenvalue weighted by Gasteiger charge is -2.31. The summed E-state index contributed by atoms with van der Waals surface area (Å²) in [5.41, 5.74) is 5.35. The van der Waals surface area contributed by atoms with Crippen molar-refractivity contribution in [2.75, 3.05) is 0 Å². The minimum Gasteiger partial charge on any atom is -0.284 e. The molecule has 3 rings (SSSR count). The van der Waals surface area contributed by atoms with Gasteiger partial charge < -0.3 is 0 Å². The van der Waals surface area contributed by atoms with E-state index in [4.69, 9.17) is 0 Å². The number of nitrogens with zero attached hydrogens (tertiary/aromatic N) is 1. The summed E-state index contributed by atoms with van der Waals surface area (Å²) in [4.78, 5) is 2.55. The molecule has 1 unspecified atom stereocenters. The smallest absolute Gasteiger partial charge is 0.0540 e. The summed E-state index contributed by atoms with van der Waals surface area (Å²) in [6.45, 7) is 6.19. The second-order valence-electron chi connectivity index (χ2n) is 6.98. The van der Waals surface area contributed by atoms with Gasteiger partial charge in [-0.15, -0.1) is 0 Å². The Morgan fingerprint density at radius 1 is 0.692 bits per heavy atom. The molecule has 26 heavy (non-hydrogen) atoms. The van der Waals surface area contributed by atoms with Crippen LogP contribution in [0.25, 0.3) is 0 Å². The van der Waals surface area contributed by atoms with Crippen LogP contribution in [-0.2, 0) is 13.1 Å². The standard InChI is InChI=1S/C25H27N/c1-21(2)18-25(24-16-10-5-11-17-24)26(19-22-12-6-3-7-13-22)20-23-14-8-4-9-15-23/h3-18,25H,19-20H2,1-2H3. The van der Waals surface area contributed by atoms with Crippen molar-refractivity contribution in [1.82, 2.24) is 4.90 Å². The molecule has 1 atom stereocenters. The first-order valence-corrected chi connectivity index (χ1v) is 9.24. The van der Waals surface area contributed by atoms with Crippen LogP contribution in [0.15, 0.2) is 103 Å². The predicted octanol–water partition coefficient (Wildman–Crippen LogP) is 6.40. The van der Waals surface area contributed by atoms with Gasteiger partial charge in [-0.3, -0.25) is 4.90 Å². The van der Waals surface area contributed by atoms with Crippen molar-refractivity contribution in [1.29, 1.82) is 0 Å². The SMILES string of the molecule is CC(C)=CC(c1ccccc1)N(Cc1ccccc1)Cc1ccccc1. The lowest BCUT2D eigenvalue weighted by Crippen LogP contribution is -2.27. The molecular weight excluding hydrogens is 314 g/mol. The van der Waals surface area contributed by atoms with E-state index in [1.165, 1.54) is 22.3 Å². The van der Waals surface area contributed by atoms with E-state index >= 15 is 0 Å². The minimum absolute atomic E-state index is 0.251. The summed E-state index contributed by atoms with van der Waals surface area (Å²) >= 11 is 0. The Hall–Kier alpha value is -2.64. The second kappa shape index (κ2) is 9.17. The number of rotatable bonds is 7. The van der Waals surface area contributed by atoms with E-state index in [9.17, 15) is 0 Å². The van der Waals surface area contributed by atoms with E-state index in [1.54, 1.807) is 0 Å². The van der Waals surface area contributed by atoms with Crippen LogP contribution in [0.4, 0.5) is 0 Å². The molecule has 1 heteroatoms. The van der Waals surface area contributed by atoms with Crippen LogP contribution >= 0.6 is 0 Å². The molecule has 3 aromatic rings. The fourth-order valence-electron chi connectivity index (χ4n) is 3.27. The third-order valence-electron chi connectivity index (χ3n) is 4.48. The van der Waals surface area contributed by atoms with E-state index in [2.05, 4.69) is 116 Å². The van der Waals surface area contributed by atoms with E-state index in [0.29, 0.717) is 0 Å². The highest BCUT2D eigenvalue weighted by atomic mass is 15.1. The Morgan fingerprint density at radius 3 is 1.54 bits per heavy atom. The molecule has 0 aliphatic carbocycles. The Labute approximate surface area is 157 Å². The highest BCUT2D eigenvalue weighted by Crippen LogP contribution is 2.27. The molecule has 0 aromatic heterocycles. The molecule has 0 heterocycles. The zero-order valence-electron chi connectivity index (χ0n) is 15.7. The van der Waals surface area contributed by atoms with E-state index in [0.717, 1.165) is 13.1 Å². The zero-order chi connectivity index (χ0) is 18.2. The van der Waals surface area contributed by atoms with Gasteiger partial charge in [-0.05, 0) is 30.5 Å². The Bertz CT molecular complexity index is 761. The topological polar surface area (TPSA) is 3.24 Å². The summed E-state index contributed by atoms with van der Waals surface area (Å²) in [5.74, 6) is 0. The molecule has 3 aromatic carbocycles. The van der Waals surface area contributed by atoms with Gasteiger partial charge >= 0.3 is 0 Å². The Balaban J connectivity index is 1.96. The first-order chi connectivity index (χ1) is 12.7. The number of benzene rings is 3. The lowest BCUT2D eigenvalue weighted by atomic mass is 10.0. The van der Waals surface area contributed by atoms with Crippen LogP contribution in [0.3, 0.4) is 0 Å². The molecule has 132 valence electrons. The molecule has 0 bridgehead atoms. The number of hydrogen-bond donors (Lipinski definition) is 0. The van der Waals surface area contributed by atoms with Crippen LogP contribution in [-0.4, -0.2) is 4.90 Å². The van der Waals surface area contributed by atoms with Gasteiger partial charge in [0.05, 0.1) is 6.04 Å². The van der Waals surface area contributed by atoms with Crippen LogP contribution < -0.4 is 0 Å². The zero-order valence-corrected chi connectivity index (χ0v) is 15.7. The monoisotopic (exact) mass is 341 g/mol. The third kappa shape index (κ3) is 5.18. The third-order valence-corrected chi connectivity index (χ3v) is 4.48. The fourth-order valence-corrected chi connectivity index (χ4v) is 3.27. The molecule has 1 nitrogen and oxygen atoms in total. The van der Waals surface area contributed by atoms with Crippen molar-refractivity contribution in [2.45, 2.75) is 33.0 Å². The van der Waals surface area contributed by atoms with E-state index in [-0.39, 0.29) is 6.04 Å². The van der Waals surface area contributed by atoms with Gasteiger partial charge in [0.25, 0.3) is 0 Å². The average molecular weight is 341 g/mol. The summed E-state index contributed by atoms with van der Waals surface area (Å²) in [6, 6.07) is 32.5. The van der Waals surface area contributed by atoms with Gasteiger partial charge in [-0.1, -0.05) is 103 Å². The second-order valence-corrected chi connectivity index (χ2v) is 6.98. The molecule has 0 N–H and O–H groups in total. The number of allylic oxidation sites excluding steroid dienone is 1. The molecule has 0 saturated heterocycles. The largest absolute Gasteiger partial charge is 0.284 e. The number of hydrogen-bond acceptors (Lipinski definition) is 1. The first-order valence-electron chi connectivity index (χ1n) is 9.24. The molecular formula is C25H27N. The van der Waals surface area contributed by atoms with Crippen LogP contribution in [0.1, 0.15) is 36.6 Å². The summed E-state index contributed by atoms with van der Waals surface area (Å²) in [5, 5.41) is 0.